The van der Waals surface area contributed by atoms with Crippen LogP contribution in [0.2, 0.25) is 5.02 Å². The van der Waals surface area contributed by atoms with Crippen LogP contribution in [-0.4, -0.2) is 29.2 Å². The first-order valence-corrected chi connectivity index (χ1v) is 5.55. The molecule has 1 unspecified atom stereocenters. The van der Waals surface area contributed by atoms with E-state index in [-0.39, 0.29) is 0 Å². The molecule has 0 spiro atoms. The lowest BCUT2D eigenvalue weighted by atomic mass is 9.69. The lowest BCUT2D eigenvalue weighted by Crippen LogP contribution is -2.59. The first-order valence-electron chi connectivity index (χ1n) is 5.18. The Labute approximate surface area is 93.0 Å². The van der Waals surface area contributed by atoms with E-state index in [9.17, 15) is 0 Å². The van der Waals surface area contributed by atoms with Crippen molar-refractivity contribution in [2.75, 3.05) is 13.1 Å². The summed E-state index contributed by atoms with van der Waals surface area (Å²) < 4.78 is 5.75. The van der Waals surface area contributed by atoms with Crippen LogP contribution < -0.4 is 10.1 Å². The van der Waals surface area contributed by atoms with Crippen molar-refractivity contribution in [1.29, 1.82) is 0 Å². The summed E-state index contributed by atoms with van der Waals surface area (Å²) in [6.07, 6.45) is 4.70. The Hall–Kier alpha value is -0.870. The van der Waals surface area contributed by atoms with Gasteiger partial charge in [0.1, 0.15) is 6.10 Å². The lowest BCUT2D eigenvalue weighted by Gasteiger charge is -2.48. The molecule has 0 radical (unpaired) electrons. The molecule has 3 atom stereocenters. The van der Waals surface area contributed by atoms with Crippen molar-refractivity contribution in [2.45, 2.75) is 12.5 Å². The van der Waals surface area contributed by atoms with Crippen LogP contribution in [-0.2, 0) is 0 Å². The van der Waals surface area contributed by atoms with Crippen LogP contribution >= 0.6 is 11.6 Å². The van der Waals surface area contributed by atoms with Gasteiger partial charge in [0.2, 0.25) is 0 Å². The largest absolute Gasteiger partial charge is 0.459 e. The number of rotatable bonds is 2. The molecular formula is C10H12ClN3O. The molecule has 2 heterocycles. The van der Waals surface area contributed by atoms with Crippen molar-refractivity contribution in [3.05, 3.63) is 17.4 Å². The number of hydrogen-bond donors (Lipinski definition) is 1. The summed E-state index contributed by atoms with van der Waals surface area (Å²) in [5, 5.41) is 3.91. The molecule has 80 valence electrons. The maximum atomic E-state index is 5.75. The minimum absolute atomic E-state index is 0.299. The highest BCUT2D eigenvalue weighted by Gasteiger charge is 2.45. The lowest BCUT2D eigenvalue weighted by molar-refractivity contribution is -0.0496. The quantitative estimate of drug-likeness (QED) is 0.820. The van der Waals surface area contributed by atoms with Crippen LogP contribution in [0.5, 0.6) is 6.01 Å². The normalized spacial score (nSPS) is 33.3. The Balaban J connectivity index is 1.68. The Bertz CT molecular complexity index is 342. The van der Waals surface area contributed by atoms with Crippen molar-refractivity contribution in [3.8, 4) is 6.01 Å². The smallest absolute Gasteiger partial charge is 0.316 e. The van der Waals surface area contributed by atoms with E-state index >= 15 is 0 Å². The molecule has 1 aromatic rings. The summed E-state index contributed by atoms with van der Waals surface area (Å²) >= 11 is 5.70. The highest BCUT2D eigenvalue weighted by atomic mass is 35.5. The third-order valence-electron chi connectivity index (χ3n) is 3.19. The molecule has 1 N–H and O–H groups in total. The molecule has 0 aromatic carbocycles. The number of nitrogens with one attached hydrogen (secondary N) is 1. The molecular weight excluding hydrogens is 214 g/mol. The summed E-state index contributed by atoms with van der Waals surface area (Å²) in [6.45, 7) is 2.10. The topological polar surface area (TPSA) is 47.0 Å². The predicted molar refractivity (Wildman–Crippen MR) is 55.9 cm³/mol. The Kier molecular flexibility index (Phi) is 2.25. The van der Waals surface area contributed by atoms with E-state index < -0.39 is 0 Å². The molecule has 4 nitrogen and oxygen atoms in total. The van der Waals surface area contributed by atoms with Crippen LogP contribution in [0, 0.1) is 11.8 Å². The number of aromatic nitrogens is 2. The summed E-state index contributed by atoms with van der Waals surface area (Å²) in [7, 11) is 0. The first kappa shape index (κ1) is 9.36. The van der Waals surface area contributed by atoms with Gasteiger partial charge in [-0.15, -0.1) is 0 Å². The zero-order valence-corrected chi connectivity index (χ0v) is 8.94. The standard InChI is InChI=1S/C10H12ClN3O/c11-8-4-13-10(14-5-8)15-9-6-1-7(9)3-12-2-6/h4-7,9,12H,1-3H2/t6-,7+,9?. The third-order valence-corrected chi connectivity index (χ3v) is 3.38. The Morgan fingerprint density at radius 1 is 1.27 bits per heavy atom. The van der Waals surface area contributed by atoms with Gasteiger partial charge in [-0.25, -0.2) is 9.97 Å². The second-order valence-corrected chi connectivity index (χ2v) is 4.62. The number of hydrogen-bond acceptors (Lipinski definition) is 4. The number of fused-ring (bicyclic) bond motifs is 2. The van der Waals surface area contributed by atoms with Crippen LogP contribution in [0.25, 0.3) is 0 Å². The van der Waals surface area contributed by atoms with Crippen LogP contribution in [0.4, 0.5) is 0 Å². The van der Waals surface area contributed by atoms with Crippen LogP contribution in [0.15, 0.2) is 12.4 Å². The molecule has 1 aliphatic heterocycles. The number of ether oxygens (including phenoxy) is 1. The number of nitrogens with zero attached hydrogens (tertiary/aromatic N) is 2. The van der Waals surface area contributed by atoms with Gasteiger partial charge in [0.15, 0.2) is 0 Å². The average molecular weight is 226 g/mol. The zero-order chi connectivity index (χ0) is 10.3. The van der Waals surface area contributed by atoms with Crippen LogP contribution in [0.3, 0.4) is 0 Å². The summed E-state index contributed by atoms with van der Waals surface area (Å²) in [6, 6.07) is 0.445. The molecule has 2 bridgehead atoms. The maximum Gasteiger partial charge on any atom is 0.316 e. The van der Waals surface area contributed by atoms with E-state index in [4.69, 9.17) is 16.3 Å². The van der Waals surface area contributed by atoms with E-state index in [1.807, 2.05) is 0 Å². The average Bonchev–Trinajstić information content (AvgIpc) is 2.29. The molecule has 2 fully saturated rings. The van der Waals surface area contributed by atoms with Crippen molar-refractivity contribution in [3.63, 3.8) is 0 Å². The fraction of sp³-hybridized carbons (Fsp3) is 0.600. The minimum atomic E-state index is 0.299. The van der Waals surface area contributed by atoms with Crippen molar-refractivity contribution in [2.24, 2.45) is 11.8 Å². The van der Waals surface area contributed by atoms with E-state index in [1.165, 1.54) is 6.42 Å². The molecule has 2 aliphatic rings. The van der Waals surface area contributed by atoms with Gasteiger partial charge in [0.05, 0.1) is 17.4 Å². The fourth-order valence-corrected chi connectivity index (χ4v) is 2.47. The van der Waals surface area contributed by atoms with Crippen molar-refractivity contribution < 1.29 is 4.74 Å². The fourth-order valence-electron chi connectivity index (χ4n) is 2.37. The molecule has 15 heavy (non-hydrogen) atoms. The van der Waals surface area contributed by atoms with Gasteiger partial charge in [-0.1, -0.05) is 11.6 Å². The first-order chi connectivity index (χ1) is 7.33. The second-order valence-electron chi connectivity index (χ2n) is 4.18. The van der Waals surface area contributed by atoms with Crippen molar-refractivity contribution in [1.82, 2.24) is 15.3 Å². The second kappa shape index (κ2) is 3.61. The van der Waals surface area contributed by atoms with Crippen molar-refractivity contribution >= 4 is 11.6 Å². The molecule has 1 aliphatic carbocycles. The molecule has 1 saturated carbocycles. The van der Waals surface area contributed by atoms with Gasteiger partial charge < -0.3 is 10.1 Å². The molecule has 5 heteroatoms. The van der Waals surface area contributed by atoms with E-state index in [0.29, 0.717) is 29.0 Å². The molecule has 1 aromatic heterocycles. The van der Waals surface area contributed by atoms with Gasteiger partial charge in [-0.05, 0) is 6.42 Å². The van der Waals surface area contributed by atoms with E-state index in [0.717, 1.165) is 13.1 Å². The number of halogens is 1. The van der Waals surface area contributed by atoms with E-state index in [1.54, 1.807) is 12.4 Å². The van der Waals surface area contributed by atoms with Gasteiger partial charge in [-0.3, -0.25) is 0 Å². The maximum absolute atomic E-state index is 5.75. The summed E-state index contributed by atoms with van der Waals surface area (Å²) in [4.78, 5) is 8.08. The Morgan fingerprint density at radius 2 is 1.93 bits per heavy atom. The third kappa shape index (κ3) is 1.68. The highest BCUT2D eigenvalue weighted by molar-refractivity contribution is 6.30. The molecule has 3 rings (SSSR count). The molecule has 0 amide bonds. The van der Waals surface area contributed by atoms with Gasteiger partial charge in [0.25, 0.3) is 0 Å². The number of piperidine rings is 2. The van der Waals surface area contributed by atoms with E-state index in [2.05, 4.69) is 15.3 Å². The van der Waals surface area contributed by atoms with Gasteiger partial charge >= 0.3 is 6.01 Å². The monoisotopic (exact) mass is 225 g/mol. The van der Waals surface area contributed by atoms with Gasteiger partial charge in [0, 0.05) is 24.9 Å². The predicted octanol–water partition coefficient (Wildman–Crippen LogP) is 1.12. The minimum Gasteiger partial charge on any atom is -0.459 e. The van der Waals surface area contributed by atoms with Crippen LogP contribution in [0.1, 0.15) is 6.42 Å². The van der Waals surface area contributed by atoms with Gasteiger partial charge in [-0.2, -0.15) is 0 Å². The molecule has 1 saturated heterocycles. The SMILES string of the molecule is Clc1cnc(OC2[C@@H]3CNC[C@H]2C3)nc1. The zero-order valence-electron chi connectivity index (χ0n) is 8.19. The Morgan fingerprint density at radius 3 is 2.53 bits per heavy atom. The summed E-state index contributed by atoms with van der Waals surface area (Å²) in [5.41, 5.74) is 0. The summed E-state index contributed by atoms with van der Waals surface area (Å²) in [5.74, 6) is 1.26. The highest BCUT2D eigenvalue weighted by Crippen LogP contribution is 2.38.